The molecule has 1 heterocycles. The first-order chi connectivity index (χ1) is 11.6. The van der Waals surface area contributed by atoms with Crippen molar-refractivity contribution in [3.8, 4) is 0 Å². The van der Waals surface area contributed by atoms with Gasteiger partial charge in [0.1, 0.15) is 0 Å². The highest BCUT2D eigenvalue weighted by Crippen LogP contribution is 2.26. The molecule has 1 atom stereocenters. The van der Waals surface area contributed by atoms with E-state index in [9.17, 15) is 14.7 Å². The lowest BCUT2D eigenvalue weighted by atomic mass is 10.0. The van der Waals surface area contributed by atoms with Gasteiger partial charge in [-0.3, -0.25) is 4.79 Å². The number of hydrogen-bond donors (Lipinski definition) is 1. The molecule has 0 bridgehead atoms. The van der Waals surface area contributed by atoms with E-state index in [2.05, 4.69) is 0 Å². The van der Waals surface area contributed by atoms with Gasteiger partial charge in [0.2, 0.25) is 0 Å². The molecule has 0 radical (unpaired) electrons. The van der Waals surface area contributed by atoms with Gasteiger partial charge in [0.25, 0.3) is 5.91 Å². The molecule has 1 saturated heterocycles. The van der Waals surface area contributed by atoms with Crippen molar-refractivity contribution < 1.29 is 19.4 Å². The van der Waals surface area contributed by atoms with E-state index >= 15 is 0 Å². The molecule has 1 unspecified atom stereocenters. The Morgan fingerprint density at radius 2 is 1.83 bits per heavy atom. The molecule has 1 N–H and O–H groups in total. The van der Waals surface area contributed by atoms with E-state index in [0.717, 1.165) is 11.1 Å². The number of nitrogens with zero attached hydrogens (tertiary/aromatic N) is 1. The maximum atomic E-state index is 13.0. The third kappa shape index (κ3) is 3.31. The zero-order valence-corrected chi connectivity index (χ0v) is 13.4. The number of benzene rings is 2. The van der Waals surface area contributed by atoms with Crippen LogP contribution in [0.4, 0.5) is 0 Å². The number of amides is 1. The average molecular weight is 325 g/mol. The first-order valence-electron chi connectivity index (χ1n) is 7.85. The average Bonchev–Trinajstić information content (AvgIpc) is 2.61. The lowest BCUT2D eigenvalue weighted by Gasteiger charge is -2.36. The van der Waals surface area contributed by atoms with Gasteiger partial charge in [-0.1, -0.05) is 30.3 Å². The maximum absolute atomic E-state index is 13.0. The van der Waals surface area contributed by atoms with Crippen molar-refractivity contribution in [3.05, 3.63) is 70.8 Å². The summed E-state index contributed by atoms with van der Waals surface area (Å²) in [5.41, 5.74) is 2.29. The van der Waals surface area contributed by atoms with E-state index in [-0.39, 0.29) is 17.5 Å². The summed E-state index contributed by atoms with van der Waals surface area (Å²) in [4.78, 5) is 26.0. The van der Waals surface area contributed by atoms with Gasteiger partial charge in [-0.2, -0.15) is 0 Å². The molecule has 0 spiro atoms. The van der Waals surface area contributed by atoms with Gasteiger partial charge in [0, 0.05) is 12.1 Å². The molecule has 1 aliphatic rings. The Labute approximate surface area is 140 Å². The van der Waals surface area contributed by atoms with Crippen molar-refractivity contribution in [2.24, 2.45) is 0 Å². The van der Waals surface area contributed by atoms with Crippen LogP contribution >= 0.6 is 0 Å². The first kappa shape index (κ1) is 16.2. The van der Waals surface area contributed by atoms with Crippen molar-refractivity contribution in [1.29, 1.82) is 0 Å². The molecule has 1 fully saturated rings. The number of aromatic carboxylic acids is 1. The molecule has 2 aromatic carbocycles. The third-order valence-electron chi connectivity index (χ3n) is 4.14. The molecule has 0 aliphatic carbocycles. The van der Waals surface area contributed by atoms with Crippen LogP contribution in [-0.2, 0) is 4.74 Å². The highest BCUT2D eigenvalue weighted by Gasteiger charge is 2.29. The lowest BCUT2D eigenvalue weighted by Crippen LogP contribution is -2.43. The number of hydrogen-bond acceptors (Lipinski definition) is 3. The predicted octanol–water partition coefficient (Wildman–Crippen LogP) is 2.91. The van der Waals surface area contributed by atoms with Crippen molar-refractivity contribution in [2.45, 2.75) is 13.0 Å². The van der Waals surface area contributed by atoms with Gasteiger partial charge in [-0.15, -0.1) is 0 Å². The number of carboxylic acid groups (broad SMARTS) is 1. The van der Waals surface area contributed by atoms with Gasteiger partial charge < -0.3 is 14.7 Å². The van der Waals surface area contributed by atoms with Gasteiger partial charge in [0.15, 0.2) is 0 Å². The van der Waals surface area contributed by atoms with Crippen molar-refractivity contribution in [2.75, 3.05) is 19.8 Å². The molecule has 0 saturated carbocycles. The SMILES string of the molecule is Cc1cc(C(=O)O)cc(C(=O)N2CCOCC2c2ccccc2)c1. The number of ether oxygens (including phenoxy) is 1. The lowest BCUT2D eigenvalue weighted by molar-refractivity contribution is -0.00270. The van der Waals surface area contributed by atoms with Crippen LogP contribution in [0, 0.1) is 6.92 Å². The Hall–Kier alpha value is -2.66. The van der Waals surface area contributed by atoms with Gasteiger partial charge in [-0.05, 0) is 36.2 Å². The van der Waals surface area contributed by atoms with Crippen molar-refractivity contribution in [3.63, 3.8) is 0 Å². The Bertz CT molecular complexity index is 757. The molecule has 0 aromatic heterocycles. The second kappa shape index (κ2) is 6.84. The minimum absolute atomic E-state index is 0.128. The topological polar surface area (TPSA) is 66.8 Å². The number of aryl methyl sites for hydroxylation is 1. The number of rotatable bonds is 3. The van der Waals surface area contributed by atoms with E-state index in [1.807, 2.05) is 30.3 Å². The maximum Gasteiger partial charge on any atom is 0.335 e. The van der Waals surface area contributed by atoms with Crippen molar-refractivity contribution >= 4 is 11.9 Å². The highest BCUT2D eigenvalue weighted by atomic mass is 16.5. The summed E-state index contributed by atoms with van der Waals surface area (Å²) in [6, 6.07) is 14.3. The molecule has 5 heteroatoms. The second-order valence-corrected chi connectivity index (χ2v) is 5.89. The molecule has 3 rings (SSSR count). The summed E-state index contributed by atoms with van der Waals surface area (Å²) in [6.07, 6.45) is 0. The van der Waals surface area contributed by atoms with Crippen LogP contribution in [0.2, 0.25) is 0 Å². The van der Waals surface area contributed by atoms with E-state index in [1.54, 1.807) is 24.0 Å². The fraction of sp³-hybridized carbons (Fsp3) is 0.263. The minimum Gasteiger partial charge on any atom is -0.478 e. The Morgan fingerprint density at radius 3 is 2.54 bits per heavy atom. The minimum atomic E-state index is -1.03. The molecule has 5 nitrogen and oxygen atoms in total. The molecule has 1 amide bonds. The number of carbonyl (C=O) groups excluding carboxylic acids is 1. The van der Waals surface area contributed by atoms with E-state index < -0.39 is 5.97 Å². The quantitative estimate of drug-likeness (QED) is 0.942. The number of carbonyl (C=O) groups is 2. The van der Waals surface area contributed by atoms with E-state index in [4.69, 9.17) is 4.74 Å². The molecular weight excluding hydrogens is 306 g/mol. The van der Waals surface area contributed by atoms with Gasteiger partial charge >= 0.3 is 5.97 Å². The summed E-state index contributed by atoms with van der Waals surface area (Å²) < 4.78 is 5.55. The molecule has 2 aromatic rings. The zero-order valence-electron chi connectivity index (χ0n) is 13.4. The predicted molar refractivity (Wildman–Crippen MR) is 89.2 cm³/mol. The molecule has 1 aliphatic heterocycles. The van der Waals surface area contributed by atoms with Gasteiger partial charge in [0.05, 0.1) is 24.8 Å². The Balaban J connectivity index is 1.94. The van der Waals surface area contributed by atoms with E-state index in [0.29, 0.717) is 25.3 Å². The van der Waals surface area contributed by atoms with Crippen LogP contribution < -0.4 is 0 Å². The highest BCUT2D eigenvalue weighted by molar-refractivity contribution is 5.98. The standard InChI is InChI=1S/C19H19NO4/c1-13-9-15(11-16(10-13)19(22)23)18(21)20-7-8-24-12-17(20)14-5-3-2-4-6-14/h2-6,9-11,17H,7-8,12H2,1H3,(H,22,23). The zero-order chi connectivity index (χ0) is 17.1. The number of carboxylic acids is 1. The Morgan fingerprint density at radius 1 is 1.12 bits per heavy atom. The fourth-order valence-electron chi connectivity index (χ4n) is 2.99. The van der Waals surface area contributed by atoms with Crippen LogP contribution in [0.5, 0.6) is 0 Å². The Kier molecular flexibility index (Phi) is 4.62. The monoisotopic (exact) mass is 325 g/mol. The van der Waals surface area contributed by atoms with Crippen molar-refractivity contribution in [1.82, 2.24) is 4.90 Å². The summed E-state index contributed by atoms with van der Waals surface area (Å²) in [7, 11) is 0. The largest absolute Gasteiger partial charge is 0.478 e. The normalized spacial score (nSPS) is 17.5. The summed E-state index contributed by atoms with van der Waals surface area (Å²) in [5, 5.41) is 9.21. The fourth-order valence-corrected chi connectivity index (χ4v) is 2.99. The van der Waals surface area contributed by atoms with Crippen LogP contribution in [0.3, 0.4) is 0 Å². The molecule has 124 valence electrons. The number of morpholine rings is 1. The summed E-state index contributed by atoms with van der Waals surface area (Å²) in [6.45, 7) is 3.19. The smallest absolute Gasteiger partial charge is 0.335 e. The van der Waals surface area contributed by atoms with Crippen LogP contribution in [0.1, 0.15) is 37.9 Å². The second-order valence-electron chi connectivity index (χ2n) is 5.89. The summed E-state index contributed by atoms with van der Waals surface area (Å²) >= 11 is 0. The molecule has 24 heavy (non-hydrogen) atoms. The van der Waals surface area contributed by atoms with Crippen LogP contribution in [0.25, 0.3) is 0 Å². The molecular formula is C19H19NO4. The summed E-state index contributed by atoms with van der Waals surface area (Å²) in [5.74, 6) is -1.20. The van der Waals surface area contributed by atoms with Crippen LogP contribution in [-0.4, -0.2) is 41.6 Å². The third-order valence-corrected chi connectivity index (χ3v) is 4.14. The van der Waals surface area contributed by atoms with Crippen LogP contribution in [0.15, 0.2) is 48.5 Å². The van der Waals surface area contributed by atoms with E-state index in [1.165, 1.54) is 6.07 Å². The first-order valence-corrected chi connectivity index (χ1v) is 7.85. The van der Waals surface area contributed by atoms with Gasteiger partial charge in [-0.25, -0.2) is 4.79 Å².